The summed E-state index contributed by atoms with van der Waals surface area (Å²) in [7, 11) is 0. The fourth-order valence-corrected chi connectivity index (χ4v) is 2.75. The summed E-state index contributed by atoms with van der Waals surface area (Å²) in [6.45, 7) is 7.18. The molecule has 0 unspecified atom stereocenters. The van der Waals surface area contributed by atoms with E-state index >= 15 is 0 Å². The highest BCUT2D eigenvalue weighted by Crippen LogP contribution is 2.06. The Morgan fingerprint density at radius 1 is 0.692 bits per heavy atom. The Labute approximate surface area is 160 Å². The number of amides is 1. The van der Waals surface area contributed by atoms with Gasteiger partial charge in [-0.25, -0.2) is 9.59 Å². The van der Waals surface area contributed by atoms with Crippen LogP contribution in [-0.2, 0) is 14.3 Å². The molecule has 0 saturated heterocycles. The van der Waals surface area contributed by atoms with Crippen LogP contribution in [0, 0.1) is 0 Å². The molecule has 0 bridgehead atoms. The molecule has 0 aliphatic heterocycles. The van der Waals surface area contributed by atoms with E-state index < -0.39 is 12.1 Å². The Balaban J connectivity index is 3.89. The maximum atomic E-state index is 12.1. The van der Waals surface area contributed by atoms with Gasteiger partial charge in [0.25, 0.3) is 0 Å². The quantitative estimate of drug-likeness (QED) is 0.261. The van der Waals surface area contributed by atoms with Gasteiger partial charge in [-0.2, -0.15) is 0 Å². The van der Waals surface area contributed by atoms with Crippen LogP contribution in [0.1, 0.15) is 104 Å². The van der Waals surface area contributed by atoms with E-state index in [1.54, 1.807) is 0 Å². The van der Waals surface area contributed by atoms with Crippen molar-refractivity contribution in [1.29, 1.82) is 0 Å². The molecule has 0 saturated carbocycles. The number of esters is 1. The largest absolute Gasteiger partial charge is 0.464 e. The van der Waals surface area contributed by atoms with Gasteiger partial charge in [-0.3, -0.25) is 0 Å². The van der Waals surface area contributed by atoms with Crippen molar-refractivity contribution in [2.24, 2.45) is 0 Å². The lowest BCUT2D eigenvalue weighted by atomic mass is 10.1. The van der Waals surface area contributed by atoms with E-state index in [1.165, 1.54) is 44.9 Å². The number of carbonyl (C=O) groups excluding carboxylic acids is 2. The SMILES string of the molecule is CCCCCCCCOC(=O)N[C@@H](CCC)C(=O)OCCCCCCC. The molecule has 5 heteroatoms. The van der Waals surface area contributed by atoms with Crippen molar-refractivity contribution in [3.05, 3.63) is 0 Å². The molecule has 0 rings (SSSR count). The molecular formula is C21H41NO4. The van der Waals surface area contributed by atoms with E-state index in [9.17, 15) is 9.59 Å². The Hall–Kier alpha value is -1.26. The average molecular weight is 372 g/mol. The van der Waals surface area contributed by atoms with Crippen molar-refractivity contribution in [2.75, 3.05) is 13.2 Å². The zero-order valence-electron chi connectivity index (χ0n) is 17.3. The Morgan fingerprint density at radius 2 is 1.19 bits per heavy atom. The maximum Gasteiger partial charge on any atom is 0.407 e. The van der Waals surface area contributed by atoms with Crippen LogP contribution >= 0.6 is 0 Å². The molecule has 5 nitrogen and oxygen atoms in total. The van der Waals surface area contributed by atoms with Gasteiger partial charge in [-0.05, 0) is 19.3 Å². The molecule has 0 aromatic rings. The van der Waals surface area contributed by atoms with Gasteiger partial charge in [-0.1, -0.05) is 85.0 Å². The first-order valence-electron chi connectivity index (χ1n) is 10.8. The maximum absolute atomic E-state index is 12.1. The molecule has 1 amide bonds. The second-order valence-electron chi connectivity index (χ2n) is 6.97. The first-order chi connectivity index (χ1) is 12.7. The Morgan fingerprint density at radius 3 is 1.73 bits per heavy atom. The Bertz CT molecular complexity index is 347. The Kier molecular flexibility index (Phi) is 17.6. The summed E-state index contributed by atoms with van der Waals surface area (Å²) in [5, 5.41) is 2.65. The van der Waals surface area contributed by atoms with Gasteiger partial charge in [0.15, 0.2) is 0 Å². The first kappa shape index (κ1) is 24.7. The van der Waals surface area contributed by atoms with Crippen molar-refractivity contribution >= 4 is 12.1 Å². The van der Waals surface area contributed by atoms with Crippen LogP contribution in [0.25, 0.3) is 0 Å². The number of rotatable bonds is 17. The molecule has 26 heavy (non-hydrogen) atoms. The lowest BCUT2D eigenvalue weighted by Gasteiger charge is -2.17. The van der Waals surface area contributed by atoms with Gasteiger partial charge < -0.3 is 14.8 Å². The second-order valence-corrected chi connectivity index (χ2v) is 6.97. The third-order valence-corrected chi connectivity index (χ3v) is 4.38. The molecule has 0 radical (unpaired) electrons. The van der Waals surface area contributed by atoms with Gasteiger partial charge >= 0.3 is 12.1 Å². The fraction of sp³-hybridized carbons (Fsp3) is 0.905. The number of hydrogen-bond donors (Lipinski definition) is 1. The summed E-state index contributed by atoms with van der Waals surface area (Å²) in [5.41, 5.74) is 0. The molecule has 1 N–H and O–H groups in total. The van der Waals surface area contributed by atoms with E-state index in [1.807, 2.05) is 6.92 Å². The van der Waals surface area contributed by atoms with Gasteiger partial charge in [0.2, 0.25) is 0 Å². The smallest absolute Gasteiger partial charge is 0.407 e. The number of ether oxygens (including phenoxy) is 2. The van der Waals surface area contributed by atoms with Gasteiger partial charge in [0.1, 0.15) is 6.04 Å². The first-order valence-corrected chi connectivity index (χ1v) is 10.8. The van der Waals surface area contributed by atoms with Crippen LogP contribution in [0.2, 0.25) is 0 Å². The summed E-state index contributed by atoms with van der Waals surface area (Å²) in [6, 6.07) is -0.604. The van der Waals surface area contributed by atoms with Crippen molar-refractivity contribution < 1.29 is 19.1 Å². The predicted molar refractivity (Wildman–Crippen MR) is 106 cm³/mol. The number of alkyl carbamates (subject to hydrolysis) is 1. The van der Waals surface area contributed by atoms with Crippen LogP contribution in [0.4, 0.5) is 4.79 Å². The van der Waals surface area contributed by atoms with E-state index in [0.29, 0.717) is 19.6 Å². The van der Waals surface area contributed by atoms with Crippen molar-refractivity contribution in [2.45, 2.75) is 110 Å². The predicted octanol–water partition coefficient (Wildman–Crippen LogP) is 5.76. The topological polar surface area (TPSA) is 64.6 Å². The molecule has 154 valence electrons. The van der Waals surface area contributed by atoms with Crippen molar-refractivity contribution in [3.8, 4) is 0 Å². The molecule has 0 aliphatic carbocycles. The third kappa shape index (κ3) is 15.0. The molecule has 0 heterocycles. The second kappa shape index (κ2) is 18.5. The number of unbranched alkanes of at least 4 members (excludes halogenated alkanes) is 9. The van der Waals surface area contributed by atoms with E-state index in [-0.39, 0.29) is 5.97 Å². The van der Waals surface area contributed by atoms with E-state index in [0.717, 1.165) is 32.1 Å². The van der Waals surface area contributed by atoms with Crippen LogP contribution < -0.4 is 5.32 Å². The molecule has 0 fully saturated rings. The highest BCUT2D eigenvalue weighted by Gasteiger charge is 2.21. The van der Waals surface area contributed by atoms with Crippen LogP contribution in [-0.4, -0.2) is 31.3 Å². The zero-order chi connectivity index (χ0) is 19.5. The summed E-state index contributed by atoms with van der Waals surface area (Å²) in [6.07, 6.45) is 13.3. The van der Waals surface area contributed by atoms with Crippen LogP contribution in [0.3, 0.4) is 0 Å². The van der Waals surface area contributed by atoms with Crippen LogP contribution in [0.15, 0.2) is 0 Å². The van der Waals surface area contributed by atoms with Gasteiger partial charge in [-0.15, -0.1) is 0 Å². The van der Waals surface area contributed by atoms with Gasteiger partial charge in [0, 0.05) is 0 Å². The monoisotopic (exact) mass is 371 g/mol. The molecule has 0 aliphatic rings. The van der Waals surface area contributed by atoms with Gasteiger partial charge in [0.05, 0.1) is 13.2 Å². The summed E-state index contributed by atoms with van der Waals surface area (Å²) >= 11 is 0. The summed E-state index contributed by atoms with van der Waals surface area (Å²) < 4.78 is 10.5. The van der Waals surface area contributed by atoms with Crippen molar-refractivity contribution in [1.82, 2.24) is 5.32 Å². The van der Waals surface area contributed by atoms with E-state index in [4.69, 9.17) is 9.47 Å². The fourth-order valence-electron chi connectivity index (χ4n) is 2.75. The molecular weight excluding hydrogens is 330 g/mol. The lowest BCUT2D eigenvalue weighted by molar-refractivity contribution is -0.146. The third-order valence-electron chi connectivity index (χ3n) is 4.38. The minimum absolute atomic E-state index is 0.348. The normalized spacial score (nSPS) is 11.8. The molecule has 0 spiro atoms. The van der Waals surface area contributed by atoms with E-state index in [2.05, 4.69) is 19.2 Å². The minimum Gasteiger partial charge on any atom is -0.464 e. The summed E-state index contributed by atoms with van der Waals surface area (Å²) in [5.74, 6) is -0.348. The molecule has 0 aromatic carbocycles. The molecule has 0 aromatic heterocycles. The number of carbonyl (C=O) groups is 2. The highest BCUT2D eigenvalue weighted by molar-refractivity contribution is 5.81. The number of hydrogen-bond acceptors (Lipinski definition) is 4. The standard InChI is InChI=1S/C21H41NO4/c1-4-7-9-11-13-15-18-26-21(24)22-19(16-6-3)20(23)25-17-14-12-10-8-5-2/h19H,4-18H2,1-3H3,(H,22,24)/t19-/m0/s1. The van der Waals surface area contributed by atoms with Crippen LogP contribution in [0.5, 0.6) is 0 Å². The minimum atomic E-state index is -0.604. The average Bonchev–Trinajstić information content (AvgIpc) is 2.63. The lowest BCUT2D eigenvalue weighted by Crippen LogP contribution is -2.42. The summed E-state index contributed by atoms with van der Waals surface area (Å²) in [4.78, 5) is 24.0. The van der Waals surface area contributed by atoms with Crippen molar-refractivity contribution in [3.63, 3.8) is 0 Å². The highest BCUT2D eigenvalue weighted by atomic mass is 16.6. The number of nitrogens with one attached hydrogen (secondary N) is 1. The zero-order valence-corrected chi connectivity index (χ0v) is 17.3. The molecule has 1 atom stereocenters.